The van der Waals surface area contributed by atoms with Crippen molar-refractivity contribution in [2.45, 2.75) is 13.5 Å². The zero-order valence-electron chi connectivity index (χ0n) is 14.2. The summed E-state index contributed by atoms with van der Waals surface area (Å²) in [7, 11) is 1.41. The van der Waals surface area contributed by atoms with Crippen LogP contribution in [0.4, 0.5) is 0 Å². The maximum atomic E-state index is 12.5. The SMILES string of the molecule is COc1c(Cl)ccc(Cl)c1C(=O)NCc1cc2ccc(C)cc2[nH]c1=O. The monoisotopic (exact) mass is 390 g/mol. The molecule has 0 saturated carbocycles. The Balaban J connectivity index is 1.88. The molecule has 3 rings (SSSR count). The fourth-order valence-electron chi connectivity index (χ4n) is 2.70. The van der Waals surface area contributed by atoms with E-state index in [2.05, 4.69) is 10.3 Å². The van der Waals surface area contributed by atoms with Gasteiger partial charge in [-0.1, -0.05) is 35.3 Å². The van der Waals surface area contributed by atoms with Gasteiger partial charge in [-0.2, -0.15) is 0 Å². The van der Waals surface area contributed by atoms with E-state index in [0.29, 0.717) is 5.56 Å². The maximum absolute atomic E-state index is 12.5. The fourth-order valence-corrected chi connectivity index (χ4v) is 3.17. The van der Waals surface area contributed by atoms with E-state index in [9.17, 15) is 9.59 Å². The van der Waals surface area contributed by atoms with Gasteiger partial charge in [-0.3, -0.25) is 9.59 Å². The van der Waals surface area contributed by atoms with Crippen LogP contribution in [-0.2, 0) is 6.54 Å². The number of nitrogens with one attached hydrogen (secondary N) is 2. The van der Waals surface area contributed by atoms with Crippen LogP contribution in [0.2, 0.25) is 10.0 Å². The normalized spacial score (nSPS) is 10.8. The summed E-state index contributed by atoms with van der Waals surface area (Å²) in [4.78, 5) is 27.6. The zero-order valence-corrected chi connectivity index (χ0v) is 15.7. The van der Waals surface area contributed by atoms with E-state index in [0.717, 1.165) is 16.5 Å². The average Bonchev–Trinajstić information content (AvgIpc) is 2.61. The number of pyridine rings is 1. The highest BCUT2D eigenvalue weighted by molar-refractivity contribution is 6.37. The first-order chi connectivity index (χ1) is 12.4. The fraction of sp³-hybridized carbons (Fsp3) is 0.158. The standard InChI is InChI=1S/C19H16Cl2N2O3/c1-10-3-4-11-8-12(18(24)23-15(11)7-10)9-22-19(25)16-13(20)5-6-14(21)17(16)26-2/h3-8H,9H2,1-2H3,(H,22,25)(H,23,24). The molecule has 0 unspecified atom stereocenters. The summed E-state index contributed by atoms with van der Waals surface area (Å²) in [6.07, 6.45) is 0. The highest BCUT2D eigenvalue weighted by atomic mass is 35.5. The maximum Gasteiger partial charge on any atom is 0.256 e. The second kappa shape index (κ2) is 7.40. The van der Waals surface area contributed by atoms with Crippen LogP contribution in [0.1, 0.15) is 21.5 Å². The van der Waals surface area contributed by atoms with E-state index in [4.69, 9.17) is 27.9 Å². The molecule has 1 amide bonds. The lowest BCUT2D eigenvalue weighted by Gasteiger charge is -2.12. The Morgan fingerprint density at radius 1 is 1.15 bits per heavy atom. The van der Waals surface area contributed by atoms with Crippen LogP contribution in [0.15, 0.2) is 41.2 Å². The van der Waals surface area contributed by atoms with Crippen LogP contribution < -0.4 is 15.6 Å². The quantitative estimate of drug-likeness (QED) is 0.704. The van der Waals surface area contributed by atoms with Crippen LogP contribution in [0.5, 0.6) is 5.75 Å². The molecule has 134 valence electrons. The molecular formula is C19H16Cl2N2O3. The number of hydrogen-bond acceptors (Lipinski definition) is 3. The molecule has 0 saturated heterocycles. The van der Waals surface area contributed by atoms with Crippen LogP contribution in [0.25, 0.3) is 10.9 Å². The Bertz CT molecular complexity index is 1060. The molecule has 0 spiro atoms. The number of H-pyrrole nitrogens is 1. The van der Waals surface area contributed by atoms with Gasteiger partial charge in [0, 0.05) is 17.6 Å². The number of ether oxygens (including phenoxy) is 1. The molecule has 3 aromatic rings. The molecule has 2 N–H and O–H groups in total. The van der Waals surface area contributed by atoms with Crippen LogP contribution >= 0.6 is 23.2 Å². The zero-order chi connectivity index (χ0) is 18.8. The first-order valence-corrected chi connectivity index (χ1v) is 8.59. The summed E-state index contributed by atoms with van der Waals surface area (Å²) in [5.41, 5.74) is 2.12. The van der Waals surface area contributed by atoms with Crippen LogP contribution in [-0.4, -0.2) is 18.0 Å². The van der Waals surface area contributed by atoms with Gasteiger partial charge in [-0.25, -0.2) is 0 Å². The summed E-state index contributed by atoms with van der Waals surface area (Å²) in [5.74, 6) is -0.280. The molecule has 5 nitrogen and oxygen atoms in total. The van der Waals surface area contributed by atoms with Crippen molar-refractivity contribution in [3.05, 3.63) is 73.5 Å². The minimum absolute atomic E-state index is 0.0456. The van der Waals surface area contributed by atoms with E-state index < -0.39 is 5.91 Å². The number of halogens is 2. The molecule has 0 aliphatic heterocycles. The van der Waals surface area contributed by atoms with Crippen molar-refractivity contribution < 1.29 is 9.53 Å². The van der Waals surface area contributed by atoms with E-state index >= 15 is 0 Å². The third-order valence-corrected chi connectivity index (χ3v) is 4.62. The van der Waals surface area contributed by atoms with Gasteiger partial charge < -0.3 is 15.0 Å². The Hall–Kier alpha value is -2.50. The Kier molecular flexibility index (Phi) is 5.20. The number of fused-ring (bicyclic) bond motifs is 1. The van der Waals surface area contributed by atoms with Crippen molar-refractivity contribution in [2.75, 3.05) is 7.11 Å². The first-order valence-electron chi connectivity index (χ1n) is 7.83. The molecule has 2 aromatic carbocycles. The highest BCUT2D eigenvalue weighted by Gasteiger charge is 2.19. The molecule has 1 aromatic heterocycles. The number of carbonyl (C=O) groups excluding carboxylic acids is 1. The van der Waals surface area contributed by atoms with Gasteiger partial charge >= 0.3 is 0 Å². The van der Waals surface area contributed by atoms with Crippen molar-refractivity contribution >= 4 is 40.0 Å². The molecule has 0 radical (unpaired) electrons. The van der Waals surface area contributed by atoms with Crippen molar-refractivity contribution in [1.82, 2.24) is 10.3 Å². The van der Waals surface area contributed by atoms with Crippen molar-refractivity contribution in [3.8, 4) is 5.75 Å². The predicted molar refractivity (Wildman–Crippen MR) is 103 cm³/mol. The number of benzene rings is 2. The molecule has 0 aliphatic carbocycles. The number of rotatable bonds is 4. The first kappa shape index (κ1) is 18.3. The molecule has 0 aliphatic rings. The number of amides is 1. The second-order valence-corrected chi connectivity index (χ2v) is 6.65. The Morgan fingerprint density at radius 3 is 2.62 bits per heavy atom. The molecular weight excluding hydrogens is 375 g/mol. The summed E-state index contributed by atoms with van der Waals surface area (Å²) in [6.45, 7) is 2.00. The lowest BCUT2D eigenvalue weighted by Crippen LogP contribution is -2.27. The largest absolute Gasteiger partial charge is 0.494 e. The lowest BCUT2D eigenvalue weighted by atomic mass is 10.1. The van der Waals surface area contributed by atoms with Gasteiger partial charge in [0.2, 0.25) is 0 Å². The van der Waals surface area contributed by atoms with E-state index in [1.807, 2.05) is 25.1 Å². The third kappa shape index (κ3) is 3.54. The van der Waals surface area contributed by atoms with Crippen molar-refractivity contribution in [1.29, 1.82) is 0 Å². The summed E-state index contributed by atoms with van der Waals surface area (Å²) < 4.78 is 5.18. The van der Waals surface area contributed by atoms with Crippen LogP contribution in [0, 0.1) is 6.92 Å². The summed E-state index contributed by atoms with van der Waals surface area (Å²) >= 11 is 12.2. The van der Waals surface area contributed by atoms with Gasteiger partial charge in [-0.15, -0.1) is 0 Å². The number of hydrogen-bond donors (Lipinski definition) is 2. The molecule has 0 bridgehead atoms. The van der Waals surface area contributed by atoms with E-state index in [1.165, 1.54) is 13.2 Å². The van der Waals surface area contributed by atoms with E-state index in [-0.39, 0.29) is 33.5 Å². The minimum Gasteiger partial charge on any atom is -0.494 e. The lowest BCUT2D eigenvalue weighted by molar-refractivity contribution is 0.0948. The molecule has 7 heteroatoms. The summed E-state index contributed by atoms with van der Waals surface area (Å²) in [6, 6.07) is 10.6. The van der Waals surface area contributed by atoms with Gasteiger partial charge in [-0.05, 0) is 42.1 Å². The summed E-state index contributed by atoms with van der Waals surface area (Å²) in [5, 5.41) is 4.07. The Labute approximate surface area is 159 Å². The number of aryl methyl sites for hydroxylation is 1. The van der Waals surface area contributed by atoms with E-state index in [1.54, 1.807) is 12.1 Å². The molecule has 1 heterocycles. The molecule has 0 atom stereocenters. The molecule has 26 heavy (non-hydrogen) atoms. The van der Waals surface area contributed by atoms with Gasteiger partial charge in [0.05, 0.1) is 17.2 Å². The number of aromatic amines is 1. The van der Waals surface area contributed by atoms with Gasteiger partial charge in [0.15, 0.2) is 5.75 Å². The number of methoxy groups -OCH3 is 1. The van der Waals surface area contributed by atoms with Crippen LogP contribution in [0.3, 0.4) is 0 Å². The average molecular weight is 391 g/mol. The second-order valence-electron chi connectivity index (χ2n) is 5.83. The van der Waals surface area contributed by atoms with Gasteiger partial charge in [0.1, 0.15) is 5.56 Å². The number of aromatic nitrogens is 1. The van der Waals surface area contributed by atoms with Crippen molar-refractivity contribution in [3.63, 3.8) is 0 Å². The highest BCUT2D eigenvalue weighted by Crippen LogP contribution is 2.33. The Morgan fingerprint density at radius 2 is 1.88 bits per heavy atom. The third-order valence-electron chi connectivity index (χ3n) is 4.01. The number of carbonyl (C=O) groups is 1. The smallest absolute Gasteiger partial charge is 0.256 e. The van der Waals surface area contributed by atoms with Crippen molar-refractivity contribution in [2.24, 2.45) is 0 Å². The van der Waals surface area contributed by atoms with Gasteiger partial charge in [0.25, 0.3) is 11.5 Å². The minimum atomic E-state index is -0.474. The molecule has 0 fully saturated rings. The predicted octanol–water partition coefficient (Wildman–Crippen LogP) is 4.08. The topological polar surface area (TPSA) is 71.2 Å².